The smallest absolute Gasteiger partial charge is 0.331 e. The molecule has 27 heavy (non-hydrogen) atoms. The van der Waals surface area contributed by atoms with Gasteiger partial charge in [0.05, 0.1) is 26.7 Å². The average molecular weight is 407 g/mol. The second kappa shape index (κ2) is 6.91. The number of thiazole rings is 1. The van der Waals surface area contributed by atoms with Gasteiger partial charge in [0, 0.05) is 31.6 Å². The number of benzene rings is 1. The van der Waals surface area contributed by atoms with Gasteiger partial charge < -0.3 is 4.90 Å². The highest BCUT2D eigenvalue weighted by molar-refractivity contribution is 7.41. The van der Waals surface area contributed by atoms with Crippen molar-refractivity contribution in [1.29, 1.82) is 0 Å². The molecular weight excluding hydrogens is 382 g/mol. The summed E-state index contributed by atoms with van der Waals surface area (Å²) in [6.45, 7) is 12.4. The number of fused-ring (bicyclic) bond motifs is 1. The lowest BCUT2D eigenvalue weighted by Gasteiger charge is -2.35. The van der Waals surface area contributed by atoms with Crippen molar-refractivity contribution in [1.82, 2.24) is 9.88 Å². The maximum atomic E-state index is 13.0. The van der Waals surface area contributed by atoms with E-state index in [4.69, 9.17) is 11.6 Å². The maximum Gasteiger partial charge on any atom is 0.352 e. The summed E-state index contributed by atoms with van der Waals surface area (Å²) in [6, 6.07) is 3.95. The van der Waals surface area contributed by atoms with Crippen molar-refractivity contribution in [3.63, 3.8) is 0 Å². The Morgan fingerprint density at radius 1 is 1.37 bits per heavy atom. The second-order valence-corrected chi connectivity index (χ2v) is 10.3. The van der Waals surface area contributed by atoms with Crippen molar-refractivity contribution in [3.05, 3.63) is 39.4 Å². The molecule has 0 aliphatic carbocycles. The fourth-order valence-corrected chi connectivity index (χ4v) is 5.44. The number of hydrogen-bond acceptors (Lipinski definition) is 3. The molecule has 2 aromatic rings. The first-order chi connectivity index (χ1) is 12.5. The molecule has 144 valence electrons. The molecule has 0 radical (unpaired) electrons. The molecule has 2 atom stereocenters. The molecule has 0 saturated heterocycles. The van der Waals surface area contributed by atoms with Crippen LogP contribution in [-0.2, 0) is 11.3 Å². The highest BCUT2D eigenvalue weighted by Gasteiger charge is 2.38. The van der Waals surface area contributed by atoms with Crippen LogP contribution in [0.2, 0.25) is 5.02 Å². The Labute approximate surface area is 167 Å². The largest absolute Gasteiger partial charge is 0.352 e. The lowest BCUT2D eigenvalue weighted by Crippen LogP contribution is -2.41. The van der Waals surface area contributed by atoms with E-state index in [1.54, 1.807) is 0 Å². The molecule has 1 aromatic heterocycles. The van der Waals surface area contributed by atoms with E-state index in [0.717, 1.165) is 16.2 Å². The highest BCUT2D eigenvalue weighted by atomic mass is 35.5. The summed E-state index contributed by atoms with van der Waals surface area (Å²) < 4.78 is 0. The summed E-state index contributed by atoms with van der Waals surface area (Å²) in [4.78, 5) is 31.7. The number of rotatable bonds is 3. The molecule has 5 nitrogen and oxygen atoms in total. The first-order valence-electron chi connectivity index (χ1n) is 8.90. The number of halogens is 1. The van der Waals surface area contributed by atoms with Crippen LogP contribution in [0.5, 0.6) is 0 Å². The van der Waals surface area contributed by atoms with E-state index in [0.29, 0.717) is 22.3 Å². The fraction of sp³-hybridized carbons (Fsp3) is 0.450. The zero-order valence-corrected chi connectivity index (χ0v) is 18.1. The van der Waals surface area contributed by atoms with Crippen LogP contribution in [0.25, 0.3) is 4.90 Å². The number of aromatic nitrogens is 1. The predicted molar refractivity (Wildman–Crippen MR) is 111 cm³/mol. The number of anilines is 1. The summed E-state index contributed by atoms with van der Waals surface area (Å²) in [5, 5.41) is 5.92. The van der Waals surface area contributed by atoms with E-state index in [-0.39, 0.29) is 23.3 Å². The van der Waals surface area contributed by atoms with Gasteiger partial charge in [-0.15, -0.1) is 0 Å². The van der Waals surface area contributed by atoms with Crippen LogP contribution in [0.4, 0.5) is 5.13 Å². The summed E-state index contributed by atoms with van der Waals surface area (Å²) in [7, 11) is -0.490. The zero-order valence-electron chi connectivity index (χ0n) is 16.5. The molecule has 0 spiro atoms. The van der Waals surface area contributed by atoms with Crippen LogP contribution < -0.4 is 5.32 Å². The van der Waals surface area contributed by atoms with Crippen LogP contribution in [0.3, 0.4) is 0 Å². The second-order valence-electron chi connectivity index (χ2n) is 8.11. The van der Waals surface area contributed by atoms with Gasteiger partial charge in [0.2, 0.25) is 5.91 Å². The Hall–Kier alpha value is -1.92. The minimum absolute atomic E-state index is 0.0128. The Bertz CT molecular complexity index is 930. The van der Waals surface area contributed by atoms with Crippen molar-refractivity contribution < 1.29 is 9.59 Å². The third-order valence-corrected chi connectivity index (χ3v) is 7.22. The predicted octanol–water partition coefficient (Wildman–Crippen LogP) is 5.13. The number of aryl methyl sites for hydroxylation is 1. The lowest BCUT2D eigenvalue weighted by molar-refractivity contribution is -0.114. The van der Waals surface area contributed by atoms with Crippen LogP contribution in [0.1, 0.15) is 56.2 Å². The molecule has 7 heteroatoms. The van der Waals surface area contributed by atoms with E-state index in [1.165, 1.54) is 6.92 Å². The number of amides is 2. The zero-order chi connectivity index (χ0) is 20.1. The summed E-state index contributed by atoms with van der Waals surface area (Å²) in [6.07, 6.45) is 0. The minimum atomic E-state index is -0.490. The number of hydrogen-bond donors (Lipinski definition) is 1. The normalized spacial score (nSPS) is 15.7. The summed E-state index contributed by atoms with van der Waals surface area (Å²) >= 11 is 6.53. The fourth-order valence-electron chi connectivity index (χ4n) is 3.18. The molecule has 0 saturated carbocycles. The van der Waals surface area contributed by atoms with E-state index in [1.807, 2.05) is 29.3 Å². The topological polar surface area (TPSA) is 62.3 Å². The third kappa shape index (κ3) is 3.73. The monoisotopic (exact) mass is 406 g/mol. The number of carbonyl (C=O) groups is 2. The van der Waals surface area contributed by atoms with Crippen LogP contribution in [0, 0.1) is 12.3 Å². The number of nitrogens with one attached hydrogen (secondary N) is 1. The van der Waals surface area contributed by atoms with Crippen LogP contribution in [0.15, 0.2) is 17.5 Å². The van der Waals surface area contributed by atoms with E-state index in [2.05, 4.69) is 38.0 Å². The first-order valence-corrected chi connectivity index (χ1v) is 10.6. The first kappa shape index (κ1) is 19.8. The van der Waals surface area contributed by atoms with Crippen molar-refractivity contribution in [2.24, 2.45) is 5.41 Å². The SMILES string of the molecule is CC(=O)Nc1nc(C)c[s+]1-c1cc(Cl)c2c(c1)CN([C@@H](C)C(C)(C)C)C2=O. The Morgan fingerprint density at radius 3 is 2.63 bits per heavy atom. The van der Waals surface area contributed by atoms with Crippen LogP contribution >= 0.6 is 22.1 Å². The molecule has 1 aliphatic rings. The summed E-state index contributed by atoms with van der Waals surface area (Å²) in [5.74, 6) is -0.164. The van der Waals surface area contributed by atoms with Crippen LogP contribution in [-0.4, -0.2) is 27.7 Å². The molecule has 0 fully saturated rings. The van der Waals surface area contributed by atoms with Gasteiger partial charge in [-0.2, -0.15) is 4.98 Å². The quantitative estimate of drug-likeness (QED) is 0.718. The Morgan fingerprint density at radius 2 is 2.04 bits per heavy atom. The van der Waals surface area contributed by atoms with Crippen molar-refractivity contribution in [3.8, 4) is 4.90 Å². The minimum Gasteiger partial charge on any atom is -0.331 e. The van der Waals surface area contributed by atoms with Gasteiger partial charge in [-0.25, -0.2) is 0 Å². The molecule has 0 bridgehead atoms. The van der Waals surface area contributed by atoms with Gasteiger partial charge in [0.25, 0.3) is 5.91 Å². The molecule has 2 heterocycles. The molecule has 1 aliphatic heterocycles. The van der Waals surface area contributed by atoms with Crippen molar-refractivity contribution in [2.75, 3.05) is 5.32 Å². The van der Waals surface area contributed by atoms with Gasteiger partial charge in [0.15, 0.2) is 10.3 Å². The highest BCUT2D eigenvalue weighted by Crippen LogP contribution is 2.44. The molecular formula is C20H25ClN3O2S+. The van der Waals surface area contributed by atoms with Gasteiger partial charge in [-0.3, -0.25) is 14.9 Å². The standard InChI is InChI=1S/C20H24ClN3O2S/c1-11-10-27(19(22-11)23-13(3)25)15-7-14-9-24(12(2)20(4,5)6)18(26)17(14)16(21)8-15/h7-8,10,12H,9H2,1-6H3/p+1/t12-,27?/m0/s1. The summed E-state index contributed by atoms with van der Waals surface area (Å²) in [5.41, 5.74) is 2.37. The molecule has 2 amide bonds. The van der Waals surface area contributed by atoms with Crippen molar-refractivity contribution in [2.45, 2.75) is 54.1 Å². The van der Waals surface area contributed by atoms with E-state index < -0.39 is 10.5 Å². The average Bonchev–Trinajstić information content (AvgIpc) is 3.05. The van der Waals surface area contributed by atoms with Gasteiger partial charge in [-0.1, -0.05) is 32.4 Å². The number of nitrogens with zero attached hydrogens (tertiary/aromatic N) is 2. The lowest BCUT2D eigenvalue weighted by atomic mass is 9.87. The maximum absolute atomic E-state index is 13.0. The Balaban J connectivity index is 2.03. The van der Waals surface area contributed by atoms with Crippen molar-refractivity contribution >= 4 is 39.0 Å². The van der Waals surface area contributed by atoms with Gasteiger partial charge in [-0.05, 0) is 24.8 Å². The Kier molecular flexibility index (Phi) is 5.08. The van der Waals surface area contributed by atoms with Gasteiger partial charge >= 0.3 is 5.13 Å². The van der Waals surface area contributed by atoms with E-state index >= 15 is 0 Å². The third-order valence-electron chi connectivity index (χ3n) is 4.99. The number of carbonyl (C=O) groups excluding carboxylic acids is 2. The molecule has 3 rings (SSSR count). The molecule has 1 aromatic carbocycles. The molecule has 1 N–H and O–H groups in total. The molecule has 1 unspecified atom stereocenters. The van der Waals surface area contributed by atoms with E-state index in [9.17, 15) is 9.59 Å². The van der Waals surface area contributed by atoms with Gasteiger partial charge in [0.1, 0.15) is 0 Å².